The Morgan fingerprint density at radius 3 is 2.74 bits per heavy atom. The van der Waals surface area contributed by atoms with E-state index in [1.807, 2.05) is 41.9 Å². The van der Waals surface area contributed by atoms with Crippen LogP contribution in [0.4, 0.5) is 5.69 Å². The standard InChI is InChI=1S/C19H14N6OS/c1-25-15-5-3-2-4-14(15)17-18(25)22-19(24-23-17)27-11-16(26)21-13-8-6-12(10-20)7-9-13/h2-9H,11H2,1H3,(H,21,26). The summed E-state index contributed by atoms with van der Waals surface area (Å²) in [5.74, 6) is -0.0117. The highest BCUT2D eigenvalue weighted by Gasteiger charge is 2.13. The lowest BCUT2D eigenvalue weighted by Crippen LogP contribution is -2.14. The zero-order valence-corrected chi connectivity index (χ0v) is 15.2. The Hall–Kier alpha value is -3.44. The maximum atomic E-state index is 12.1. The molecule has 7 nitrogen and oxygen atoms in total. The zero-order chi connectivity index (χ0) is 18.8. The topological polar surface area (TPSA) is 96.5 Å². The lowest BCUT2D eigenvalue weighted by Gasteiger charge is -2.04. The monoisotopic (exact) mass is 374 g/mol. The van der Waals surface area contributed by atoms with Crippen molar-refractivity contribution in [2.45, 2.75) is 5.16 Å². The lowest BCUT2D eigenvalue weighted by molar-refractivity contribution is -0.113. The molecule has 4 rings (SSSR count). The molecule has 0 aliphatic heterocycles. The molecule has 0 atom stereocenters. The van der Waals surface area contributed by atoms with E-state index >= 15 is 0 Å². The van der Waals surface area contributed by atoms with Gasteiger partial charge in [0.25, 0.3) is 0 Å². The second-order valence-corrected chi connectivity index (χ2v) is 6.81. The number of nitriles is 1. The van der Waals surface area contributed by atoms with Gasteiger partial charge in [0, 0.05) is 18.1 Å². The van der Waals surface area contributed by atoms with E-state index < -0.39 is 0 Å². The van der Waals surface area contributed by atoms with E-state index in [2.05, 4.69) is 20.5 Å². The van der Waals surface area contributed by atoms with Gasteiger partial charge < -0.3 is 9.88 Å². The van der Waals surface area contributed by atoms with Gasteiger partial charge in [-0.1, -0.05) is 30.0 Å². The van der Waals surface area contributed by atoms with Crippen LogP contribution in [-0.4, -0.2) is 31.4 Å². The van der Waals surface area contributed by atoms with Gasteiger partial charge >= 0.3 is 0 Å². The molecule has 0 saturated heterocycles. The predicted molar refractivity (Wildman–Crippen MR) is 104 cm³/mol. The van der Waals surface area contributed by atoms with E-state index in [9.17, 15) is 4.79 Å². The summed E-state index contributed by atoms with van der Waals surface area (Å²) in [7, 11) is 1.94. The van der Waals surface area contributed by atoms with Crippen LogP contribution in [0.25, 0.3) is 22.1 Å². The quantitative estimate of drug-likeness (QED) is 0.551. The Morgan fingerprint density at radius 1 is 1.19 bits per heavy atom. The van der Waals surface area contributed by atoms with E-state index in [0.29, 0.717) is 16.4 Å². The lowest BCUT2D eigenvalue weighted by atomic mass is 10.2. The molecule has 0 radical (unpaired) electrons. The number of para-hydroxylation sites is 1. The van der Waals surface area contributed by atoms with Crippen molar-refractivity contribution in [3.05, 3.63) is 54.1 Å². The molecule has 2 aromatic carbocycles. The van der Waals surface area contributed by atoms with Crippen LogP contribution in [0.5, 0.6) is 0 Å². The van der Waals surface area contributed by atoms with Gasteiger partial charge in [0.05, 0.1) is 22.9 Å². The van der Waals surface area contributed by atoms with Crippen molar-refractivity contribution in [2.75, 3.05) is 11.1 Å². The zero-order valence-electron chi connectivity index (χ0n) is 14.4. The van der Waals surface area contributed by atoms with Gasteiger partial charge in [-0.05, 0) is 30.3 Å². The second-order valence-electron chi connectivity index (χ2n) is 5.87. The molecule has 0 spiro atoms. The van der Waals surface area contributed by atoms with Gasteiger partial charge in [0.15, 0.2) is 5.65 Å². The molecule has 0 aliphatic rings. The SMILES string of the molecule is Cn1c2ccccc2c2nnc(SCC(=O)Nc3ccc(C#N)cc3)nc21. The number of rotatable bonds is 4. The van der Waals surface area contributed by atoms with Crippen LogP contribution >= 0.6 is 11.8 Å². The molecular formula is C19H14N6OS. The van der Waals surface area contributed by atoms with Gasteiger partial charge in [-0.3, -0.25) is 4.79 Å². The number of nitrogens with zero attached hydrogens (tertiary/aromatic N) is 5. The average molecular weight is 374 g/mol. The molecule has 0 unspecified atom stereocenters. The predicted octanol–water partition coefficient (Wildman–Crippen LogP) is 3.12. The van der Waals surface area contributed by atoms with Crippen LogP contribution in [0.15, 0.2) is 53.7 Å². The largest absolute Gasteiger partial charge is 0.327 e. The number of aromatic nitrogens is 4. The number of amides is 1. The van der Waals surface area contributed by atoms with Crippen molar-refractivity contribution in [3.8, 4) is 6.07 Å². The maximum absolute atomic E-state index is 12.1. The molecule has 1 amide bonds. The number of hydrogen-bond donors (Lipinski definition) is 1. The highest BCUT2D eigenvalue weighted by Crippen LogP contribution is 2.25. The smallest absolute Gasteiger partial charge is 0.234 e. The highest BCUT2D eigenvalue weighted by molar-refractivity contribution is 7.99. The molecule has 2 aromatic heterocycles. The van der Waals surface area contributed by atoms with Crippen molar-refractivity contribution in [3.63, 3.8) is 0 Å². The van der Waals surface area contributed by atoms with Gasteiger partial charge in [-0.15, -0.1) is 10.2 Å². The molecule has 0 fully saturated rings. The summed E-state index contributed by atoms with van der Waals surface area (Å²) in [5.41, 5.74) is 3.71. The van der Waals surface area contributed by atoms with Crippen molar-refractivity contribution in [1.82, 2.24) is 19.7 Å². The number of fused-ring (bicyclic) bond motifs is 3. The normalized spacial score (nSPS) is 10.8. The number of carbonyl (C=O) groups is 1. The minimum atomic E-state index is -0.176. The Balaban J connectivity index is 1.48. The number of carbonyl (C=O) groups excluding carboxylic acids is 1. The summed E-state index contributed by atoms with van der Waals surface area (Å²) in [6.45, 7) is 0. The number of hydrogen-bond acceptors (Lipinski definition) is 6. The summed E-state index contributed by atoms with van der Waals surface area (Å²) >= 11 is 1.23. The highest BCUT2D eigenvalue weighted by atomic mass is 32.2. The summed E-state index contributed by atoms with van der Waals surface area (Å²) in [4.78, 5) is 16.7. The molecular weight excluding hydrogens is 360 g/mol. The Morgan fingerprint density at radius 2 is 1.96 bits per heavy atom. The van der Waals surface area contributed by atoms with E-state index in [1.54, 1.807) is 24.3 Å². The number of thioether (sulfide) groups is 1. The van der Waals surface area contributed by atoms with Crippen LogP contribution in [0.3, 0.4) is 0 Å². The first-order valence-electron chi connectivity index (χ1n) is 8.16. The fraction of sp³-hybridized carbons (Fsp3) is 0.105. The molecule has 27 heavy (non-hydrogen) atoms. The van der Waals surface area contributed by atoms with Crippen LogP contribution < -0.4 is 5.32 Å². The van der Waals surface area contributed by atoms with Crippen LogP contribution in [0.2, 0.25) is 0 Å². The number of benzene rings is 2. The maximum Gasteiger partial charge on any atom is 0.234 e. The summed E-state index contributed by atoms with van der Waals surface area (Å²) in [6, 6.07) is 16.7. The van der Waals surface area contributed by atoms with E-state index in [0.717, 1.165) is 22.1 Å². The van der Waals surface area contributed by atoms with Gasteiger partial charge in [0.1, 0.15) is 5.52 Å². The first kappa shape index (κ1) is 17.0. The average Bonchev–Trinajstić information content (AvgIpc) is 2.99. The van der Waals surface area contributed by atoms with E-state index in [1.165, 1.54) is 11.8 Å². The Labute approximate surface area is 159 Å². The Kier molecular flexibility index (Phi) is 4.44. The first-order chi connectivity index (χ1) is 13.2. The third-order valence-electron chi connectivity index (χ3n) is 4.12. The number of nitrogens with one attached hydrogen (secondary N) is 1. The molecule has 2 heterocycles. The number of anilines is 1. The van der Waals surface area contributed by atoms with Gasteiger partial charge in [0.2, 0.25) is 11.1 Å². The first-order valence-corrected chi connectivity index (χ1v) is 9.15. The molecule has 0 bridgehead atoms. The molecule has 8 heteroatoms. The fourth-order valence-corrected chi connectivity index (χ4v) is 3.39. The fourth-order valence-electron chi connectivity index (χ4n) is 2.81. The molecule has 0 saturated carbocycles. The van der Waals surface area contributed by atoms with Crippen LogP contribution in [-0.2, 0) is 11.8 Å². The minimum absolute atomic E-state index is 0.164. The second kappa shape index (κ2) is 7.05. The van der Waals surface area contributed by atoms with Crippen molar-refractivity contribution >= 4 is 45.4 Å². The summed E-state index contributed by atoms with van der Waals surface area (Å²) in [6.07, 6.45) is 0. The number of aryl methyl sites for hydroxylation is 1. The third-order valence-corrected chi connectivity index (χ3v) is 4.95. The van der Waals surface area contributed by atoms with Gasteiger partial charge in [-0.25, -0.2) is 4.98 Å². The molecule has 4 aromatic rings. The summed E-state index contributed by atoms with van der Waals surface area (Å²) in [5, 5.41) is 21.5. The van der Waals surface area contributed by atoms with Crippen molar-refractivity contribution < 1.29 is 4.79 Å². The van der Waals surface area contributed by atoms with E-state index in [4.69, 9.17) is 5.26 Å². The van der Waals surface area contributed by atoms with Crippen LogP contribution in [0, 0.1) is 11.3 Å². The Bertz CT molecular complexity index is 1190. The van der Waals surface area contributed by atoms with Crippen LogP contribution in [0.1, 0.15) is 5.56 Å². The van der Waals surface area contributed by atoms with E-state index in [-0.39, 0.29) is 11.7 Å². The van der Waals surface area contributed by atoms with Crippen molar-refractivity contribution in [1.29, 1.82) is 5.26 Å². The molecule has 1 N–H and O–H groups in total. The summed E-state index contributed by atoms with van der Waals surface area (Å²) < 4.78 is 1.97. The van der Waals surface area contributed by atoms with Crippen molar-refractivity contribution in [2.24, 2.45) is 7.05 Å². The van der Waals surface area contributed by atoms with Gasteiger partial charge in [-0.2, -0.15) is 5.26 Å². The molecule has 132 valence electrons. The third kappa shape index (κ3) is 3.32. The molecule has 0 aliphatic carbocycles. The minimum Gasteiger partial charge on any atom is -0.327 e.